The summed E-state index contributed by atoms with van der Waals surface area (Å²) in [5.41, 5.74) is 4.43. The number of hydrogen-bond acceptors (Lipinski definition) is 3. The highest BCUT2D eigenvalue weighted by Gasteiger charge is 2.19. The van der Waals surface area contributed by atoms with Gasteiger partial charge in [0.15, 0.2) is 0 Å². The van der Waals surface area contributed by atoms with Crippen molar-refractivity contribution < 1.29 is 13.6 Å². The van der Waals surface area contributed by atoms with Crippen LogP contribution in [0, 0.1) is 0 Å². The lowest BCUT2D eigenvalue weighted by Crippen LogP contribution is -1.75. The van der Waals surface area contributed by atoms with E-state index in [0.29, 0.717) is 0 Å². The first-order valence-electron chi connectivity index (χ1n) is 2.47. The number of halogens is 1. The molecular formula is C6H6ClO3P. The van der Waals surface area contributed by atoms with Crippen LogP contribution in [0.1, 0.15) is 0 Å². The van der Waals surface area contributed by atoms with Crippen LogP contribution in [0.2, 0.25) is 0 Å². The third-order valence-electron chi connectivity index (χ3n) is 0.524. The first-order valence-corrected chi connectivity index (χ1v) is 4.92. The predicted octanol–water partition coefficient (Wildman–Crippen LogP) is 2.96. The van der Waals surface area contributed by atoms with Crippen molar-refractivity contribution in [2.45, 2.75) is 0 Å². The van der Waals surface area contributed by atoms with Crippen LogP contribution >= 0.6 is 18.2 Å². The molecule has 0 unspecified atom stereocenters. The molecule has 0 aromatic heterocycles. The lowest BCUT2D eigenvalue weighted by Gasteiger charge is -2.04. The Morgan fingerprint density at radius 2 is 1.64 bits per heavy atom. The Kier molecular flexibility index (Phi) is 4.52. The van der Waals surface area contributed by atoms with Gasteiger partial charge in [-0.2, -0.15) is 0 Å². The van der Waals surface area contributed by atoms with Crippen molar-refractivity contribution in [2.75, 3.05) is 0 Å². The van der Waals surface area contributed by atoms with E-state index in [-0.39, 0.29) is 0 Å². The van der Waals surface area contributed by atoms with Gasteiger partial charge in [0, 0.05) is 11.2 Å². The third kappa shape index (κ3) is 5.60. The molecule has 0 spiro atoms. The molecular weight excluding hydrogens is 186 g/mol. The second-order valence-electron chi connectivity index (χ2n) is 1.29. The maximum atomic E-state index is 10.9. The van der Waals surface area contributed by atoms with E-state index >= 15 is 0 Å². The summed E-state index contributed by atoms with van der Waals surface area (Å²) in [7, 11) is 0. The van der Waals surface area contributed by atoms with E-state index in [1.54, 1.807) is 0 Å². The molecule has 0 aromatic rings. The Labute approximate surface area is 69.6 Å². The van der Waals surface area contributed by atoms with E-state index in [9.17, 15) is 4.57 Å². The van der Waals surface area contributed by atoms with Gasteiger partial charge in [0.2, 0.25) is 0 Å². The maximum absolute atomic E-state index is 10.9. The summed E-state index contributed by atoms with van der Waals surface area (Å²) in [6, 6.07) is 0. The largest absolute Gasteiger partial charge is 0.530 e. The summed E-state index contributed by atoms with van der Waals surface area (Å²) in [4.78, 5) is 0. The molecule has 0 rings (SSSR count). The minimum absolute atomic E-state index is 0.949. The van der Waals surface area contributed by atoms with Gasteiger partial charge in [0.05, 0.1) is 0 Å². The summed E-state index contributed by atoms with van der Waals surface area (Å²) in [6.07, 6.45) is 1.90. The van der Waals surface area contributed by atoms with Gasteiger partial charge in [0.1, 0.15) is 12.5 Å². The van der Waals surface area contributed by atoms with Gasteiger partial charge in [-0.25, -0.2) is 4.57 Å². The zero-order valence-electron chi connectivity index (χ0n) is 5.62. The van der Waals surface area contributed by atoms with Gasteiger partial charge < -0.3 is 9.05 Å². The number of rotatable bonds is 4. The molecule has 0 amide bonds. The Hall–Kier alpha value is -0.840. The molecule has 3 nitrogen and oxygen atoms in total. The fourth-order valence-electron chi connectivity index (χ4n) is 0.225. The highest BCUT2D eigenvalue weighted by Crippen LogP contribution is 2.53. The van der Waals surface area contributed by atoms with Crippen molar-refractivity contribution in [3.05, 3.63) is 37.1 Å². The molecule has 11 heavy (non-hydrogen) atoms. The maximum Gasteiger partial charge on any atom is 0.530 e. The van der Waals surface area contributed by atoms with Gasteiger partial charge in [-0.05, 0) is 0 Å². The van der Waals surface area contributed by atoms with Crippen molar-refractivity contribution in [3.63, 3.8) is 0 Å². The summed E-state index contributed by atoms with van der Waals surface area (Å²) in [6.45, 7) is 2.76. The van der Waals surface area contributed by atoms with Gasteiger partial charge in [-0.3, -0.25) is 0 Å². The minimum Gasteiger partial charge on any atom is -0.404 e. The molecule has 0 N–H and O–H groups in total. The first kappa shape index (κ1) is 10.2. The van der Waals surface area contributed by atoms with Gasteiger partial charge in [0.25, 0.3) is 0 Å². The zero-order chi connectivity index (χ0) is 8.74. The van der Waals surface area contributed by atoms with E-state index in [0.717, 1.165) is 12.5 Å². The molecule has 0 aliphatic rings. The van der Waals surface area contributed by atoms with Crippen molar-refractivity contribution in [1.29, 1.82) is 0 Å². The van der Waals surface area contributed by atoms with E-state index in [4.69, 9.17) is 11.2 Å². The van der Waals surface area contributed by atoms with E-state index in [1.807, 2.05) is 0 Å². The van der Waals surface area contributed by atoms with Crippen molar-refractivity contribution in [2.24, 2.45) is 0 Å². The molecule has 0 saturated heterocycles. The number of hydrogen-bond donors (Lipinski definition) is 0. The molecule has 0 aliphatic carbocycles. The fraction of sp³-hybridized carbons (Fsp3) is 0. The molecule has 0 bridgehead atoms. The van der Waals surface area contributed by atoms with Gasteiger partial charge >= 0.3 is 6.95 Å². The van der Waals surface area contributed by atoms with E-state index in [1.165, 1.54) is 0 Å². The minimum atomic E-state index is -3.57. The van der Waals surface area contributed by atoms with Crippen LogP contribution < -0.4 is 0 Å². The third-order valence-corrected chi connectivity index (χ3v) is 1.72. The molecule has 0 heterocycles. The molecule has 5 heteroatoms. The lowest BCUT2D eigenvalue weighted by atomic mass is 11.0. The molecule has 0 aliphatic heterocycles. The lowest BCUT2D eigenvalue weighted by molar-refractivity contribution is 0.347. The van der Waals surface area contributed by atoms with Crippen molar-refractivity contribution in [1.82, 2.24) is 0 Å². The Morgan fingerprint density at radius 1 is 1.27 bits per heavy atom. The summed E-state index contributed by atoms with van der Waals surface area (Å²) in [5.74, 6) is 0. The SMILES string of the molecule is C=C=COP(=O)(Cl)OC=C=C. The molecule has 0 saturated carbocycles. The Bertz CT molecular complexity index is 237. The van der Waals surface area contributed by atoms with Crippen LogP contribution in [0.3, 0.4) is 0 Å². The highest BCUT2D eigenvalue weighted by molar-refractivity contribution is 7.81. The van der Waals surface area contributed by atoms with Crippen LogP contribution in [0.25, 0.3) is 0 Å². The molecule has 0 radical (unpaired) electrons. The average molecular weight is 193 g/mol. The predicted molar refractivity (Wildman–Crippen MR) is 43.0 cm³/mol. The van der Waals surface area contributed by atoms with Crippen LogP contribution in [-0.2, 0) is 13.6 Å². The van der Waals surface area contributed by atoms with E-state index < -0.39 is 6.95 Å². The molecule has 0 atom stereocenters. The molecule has 60 valence electrons. The average Bonchev–Trinajstić information content (AvgIpc) is 1.97. The van der Waals surface area contributed by atoms with Crippen LogP contribution in [0.5, 0.6) is 0 Å². The zero-order valence-corrected chi connectivity index (χ0v) is 7.27. The normalized spacial score (nSPS) is 13.2. The standard InChI is InChI=1S/C6H6ClO3P/c1-3-5-9-11(7,8)10-6-4-2/h5-6H,1-2H2. The topological polar surface area (TPSA) is 35.5 Å². The second kappa shape index (κ2) is 4.90. The van der Waals surface area contributed by atoms with Crippen LogP contribution in [-0.4, -0.2) is 0 Å². The highest BCUT2D eigenvalue weighted by atomic mass is 35.7. The monoisotopic (exact) mass is 192 g/mol. The van der Waals surface area contributed by atoms with Gasteiger partial charge in [-0.15, -0.1) is 0 Å². The van der Waals surface area contributed by atoms with Crippen LogP contribution in [0.15, 0.2) is 37.1 Å². The molecule has 0 aromatic carbocycles. The van der Waals surface area contributed by atoms with E-state index in [2.05, 4.69) is 33.7 Å². The Morgan fingerprint density at radius 3 is 1.91 bits per heavy atom. The Balaban J connectivity index is 4.10. The van der Waals surface area contributed by atoms with Gasteiger partial charge in [-0.1, -0.05) is 24.6 Å². The van der Waals surface area contributed by atoms with Crippen LogP contribution in [0.4, 0.5) is 0 Å². The summed E-state index contributed by atoms with van der Waals surface area (Å²) in [5, 5.41) is 0. The smallest absolute Gasteiger partial charge is 0.404 e. The summed E-state index contributed by atoms with van der Waals surface area (Å²) >= 11 is 5.21. The first-order chi connectivity index (χ1) is 5.12. The van der Waals surface area contributed by atoms with Crippen molar-refractivity contribution >= 4 is 18.2 Å². The quantitative estimate of drug-likeness (QED) is 0.390. The summed E-state index contributed by atoms with van der Waals surface area (Å²) < 4.78 is 19.6. The van der Waals surface area contributed by atoms with Crippen molar-refractivity contribution in [3.8, 4) is 0 Å². The molecule has 0 fully saturated rings. The fourth-order valence-corrected chi connectivity index (χ4v) is 0.915. The second-order valence-corrected chi connectivity index (χ2v) is 3.81.